The van der Waals surface area contributed by atoms with Crippen LogP contribution in [0.5, 0.6) is 0 Å². The molecule has 36 heavy (non-hydrogen) atoms. The highest BCUT2D eigenvalue weighted by molar-refractivity contribution is 6.39. The van der Waals surface area contributed by atoms with Gasteiger partial charge in [-0.3, -0.25) is 14.9 Å². The number of amides is 4. The molecule has 0 aliphatic carbocycles. The van der Waals surface area contributed by atoms with Crippen LogP contribution < -0.4 is 15.1 Å². The van der Waals surface area contributed by atoms with Crippen LogP contribution in [0.15, 0.2) is 60.2 Å². The molecule has 0 unspecified atom stereocenters. The minimum absolute atomic E-state index is 0.0842. The minimum Gasteiger partial charge on any atom is -0.378 e. The average molecular weight is 485 g/mol. The lowest BCUT2D eigenvalue weighted by Crippen LogP contribution is -2.54. The molecule has 5 rings (SSSR count). The number of benzene rings is 2. The summed E-state index contributed by atoms with van der Waals surface area (Å²) in [5, 5.41) is 2.30. The molecule has 1 aromatic heterocycles. The number of carbonyl (C=O) groups excluding carboxylic acids is 3. The maximum atomic E-state index is 13.3. The van der Waals surface area contributed by atoms with Gasteiger partial charge in [-0.1, -0.05) is 12.1 Å². The molecular weight excluding hydrogens is 456 g/mol. The second-order valence-corrected chi connectivity index (χ2v) is 9.07. The number of hydrogen-bond acceptors (Lipinski definition) is 5. The highest BCUT2D eigenvalue weighted by Gasteiger charge is 2.37. The van der Waals surface area contributed by atoms with Gasteiger partial charge >= 0.3 is 6.03 Å². The summed E-state index contributed by atoms with van der Waals surface area (Å²) < 4.78 is 7.53. The smallest absolute Gasteiger partial charge is 0.335 e. The molecule has 2 aliphatic rings. The van der Waals surface area contributed by atoms with Gasteiger partial charge in [-0.05, 0) is 80.4 Å². The number of nitrogens with zero attached hydrogens (tertiary/aromatic N) is 3. The first-order chi connectivity index (χ1) is 17.3. The van der Waals surface area contributed by atoms with E-state index in [1.54, 1.807) is 24.3 Å². The maximum Gasteiger partial charge on any atom is 0.335 e. The number of carbonyl (C=O) groups is 3. The van der Waals surface area contributed by atoms with Gasteiger partial charge in [0.05, 0.1) is 18.9 Å². The predicted molar refractivity (Wildman–Crippen MR) is 138 cm³/mol. The van der Waals surface area contributed by atoms with E-state index in [1.165, 1.54) is 0 Å². The van der Waals surface area contributed by atoms with Crippen molar-refractivity contribution in [2.45, 2.75) is 20.8 Å². The Morgan fingerprint density at radius 3 is 2.25 bits per heavy atom. The molecule has 4 amide bonds. The maximum absolute atomic E-state index is 13.3. The third-order valence-corrected chi connectivity index (χ3v) is 6.62. The number of anilines is 2. The van der Waals surface area contributed by atoms with E-state index >= 15 is 0 Å². The van der Waals surface area contributed by atoms with Crippen LogP contribution in [-0.4, -0.2) is 48.7 Å². The van der Waals surface area contributed by atoms with E-state index < -0.39 is 17.8 Å². The summed E-state index contributed by atoms with van der Waals surface area (Å²) >= 11 is 0. The van der Waals surface area contributed by atoms with Crippen LogP contribution in [0.3, 0.4) is 0 Å². The van der Waals surface area contributed by atoms with Crippen molar-refractivity contribution in [2.75, 3.05) is 36.1 Å². The second-order valence-electron chi connectivity index (χ2n) is 9.07. The number of hydrogen-bond donors (Lipinski definition) is 1. The number of barbiturate groups is 1. The summed E-state index contributed by atoms with van der Waals surface area (Å²) in [5.74, 6) is -1.34. The van der Waals surface area contributed by atoms with E-state index in [-0.39, 0.29) is 5.57 Å². The Morgan fingerprint density at radius 2 is 1.56 bits per heavy atom. The fourth-order valence-corrected chi connectivity index (χ4v) is 4.78. The molecule has 0 bridgehead atoms. The normalized spacial score (nSPS) is 17.6. The minimum atomic E-state index is -0.751. The molecule has 3 heterocycles. The number of urea groups is 1. The number of nitrogens with one attached hydrogen (secondary N) is 1. The summed E-state index contributed by atoms with van der Waals surface area (Å²) in [4.78, 5) is 41.7. The largest absolute Gasteiger partial charge is 0.378 e. The summed E-state index contributed by atoms with van der Waals surface area (Å²) in [7, 11) is 0. The van der Waals surface area contributed by atoms with Gasteiger partial charge in [-0.15, -0.1) is 0 Å². The lowest BCUT2D eigenvalue weighted by Gasteiger charge is -2.29. The molecule has 2 saturated heterocycles. The van der Waals surface area contributed by atoms with Crippen LogP contribution in [0.1, 0.15) is 22.5 Å². The van der Waals surface area contributed by atoms with E-state index in [4.69, 9.17) is 4.74 Å². The Morgan fingerprint density at radius 1 is 0.861 bits per heavy atom. The van der Waals surface area contributed by atoms with Crippen molar-refractivity contribution < 1.29 is 19.1 Å². The van der Waals surface area contributed by atoms with Crippen molar-refractivity contribution in [3.05, 3.63) is 82.7 Å². The van der Waals surface area contributed by atoms with Gasteiger partial charge in [0.15, 0.2) is 0 Å². The Balaban J connectivity index is 1.46. The lowest BCUT2D eigenvalue weighted by atomic mass is 10.1. The number of morpholine rings is 1. The molecule has 2 aliphatic heterocycles. The van der Waals surface area contributed by atoms with Crippen LogP contribution in [0.2, 0.25) is 0 Å². The van der Waals surface area contributed by atoms with Gasteiger partial charge in [-0.25, -0.2) is 9.69 Å². The molecule has 2 aromatic carbocycles. The second kappa shape index (κ2) is 9.47. The highest BCUT2D eigenvalue weighted by Crippen LogP contribution is 2.27. The highest BCUT2D eigenvalue weighted by atomic mass is 16.5. The Kier molecular flexibility index (Phi) is 6.20. The fourth-order valence-electron chi connectivity index (χ4n) is 4.78. The molecule has 8 heteroatoms. The van der Waals surface area contributed by atoms with E-state index in [1.807, 2.05) is 32.9 Å². The first kappa shape index (κ1) is 23.6. The third kappa shape index (κ3) is 4.31. The molecule has 0 atom stereocenters. The van der Waals surface area contributed by atoms with E-state index in [2.05, 4.69) is 39.0 Å². The Hall–Kier alpha value is -4.17. The van der Waals surface area contributed by atoms with Crippen molar-refractivity contribution >= 4 is 35.3 Å². The molecule has 0 radical (unpaired) electrons. The zero-order valence-corrected chi connectivity index (χ0v) is 20.6. The molecule has 3 aromatic rings. The summed E-state index contributed by atoms with van der Waals surface area (Å²) in [6.45, 7) is 9.01. The molecule has 2 fully saturated rings. The van der Waals surface area contributed by atoms with Crippen molar-refractivity contribution in [3.8, 4) is 5.69 Å². The van der Waals surface area contributed by atoms with E-state index in [9.17, 15) is 14.4 Å². The zero-order chi connectivity index (χ0) is 25.4. The van der Waals surface area contributed by atoms with Gasteiger partial charge in [-0.2, -0.15) is 0 Å². The topological polar surface area (TPSA) is 83.9 Å². The predicted octanol–water partition coefficient (Wildman–Crippen LogP) is 3.91. The Labute approximate surface area is 209 Å². The van der Waals surface area contributed by atoms with Crippen LogP contribution in [-0.2, 0) is 14.3 Å². The number of aromatic nitrogens is 1. The van der Waals surface area contributed by atoms with E-state index in [0.29, 0.717) is 5.69 Å². The number of rotatable bonds is 4. The molecule has 1 N–H and O–H groups in total. The van der Waals surface area contributed by atoms with Crippen molar-refractivity contribution in [3.63, 3.8) is 0 Å². The molecule has 0 spiro atoms. The van der Waals surface area contributed by atoms with Crippen molar-refractivity contribution in [1.29, 1.82) is 0 Å². The van der Waals surface area contributed by atoms with Gasteiger partial charge in [0, 0.05) is 35.9 Å². The number of ether oxygens (including phenoxy) is 1. The van der Waals surface area contributed by atoms with Gasteiger partial charge in [0.2, 0.25) is 0 Å². The first-order valence-corrected chi connectivity index (χ1v) is 11.9. The monoisotopic (exact) mass is 484 g/mol. The van der Waals surface area contributed by atoms with Gasteiger partial charge < -0.3 is 14.2 Å². The lowest BCUT2D eigenvalue weighted by molar-refractivity contribution is -0.122. The van der Waals surface area contributed by atoms with Crippen LogP contribution in [0.25, 0.3) is 11.8 Å². The Bertz CT molecular complexity index is 1380. The first-order valence-electron chi connectivity index (χ1n) is 11.9. The van der Waals surface area contributed by atoms with Crippen LogP contribution in [0, 0.1) is 20.8 Å². The van der Waals surface area contributed by atoms with Crippen LogP contribution >= 0.6 is 0 Å². The standard InChI is InChI=1S/C28H28N4O4/c1-18-5-4-6-24(15-18)32-27(34)25(26(33)29-28(32)35)17-21-16-19(2)31(20(21)3)23-9-7-22(8-10-23)30-11-13-36-14-12-30/h4-10,15-17H,11-14H2,1-3H3,(H,29,33,35)/b25-17+. The summed E-state index contributed by atoms with van der Waals surface area (Å²) in [6, 6.07) is 16.6. The average Bonchev–Trinajstić information content (AvgIpc) is 3.15. The van der Waals surface area contributed by atoms with Gasteiger partial charge in [0.1, 0.15) is 5.57 Å². The number of imide groups is 2. The van der Waals surface area contributed by atoms with Crippen molar-refractivity contribution in [1.82, 2.24) is 9.88 Å². The van der Waals surface area contributed by atoms with Crippen LogP contribution in [0.4, 0.5) is 16.2 Å². The quantitative estimate of drug-likeness (QED) is 0.449. The zero-order valence-electron chi connectivity index (χ0n) is 20.6. The summed E-state index contributed by atoms with van der Waals surface area (Å²) in [5.41, 5.74) is 5.97. The van der Waals surface area contributed by atoms with E-state index in [0.717, 1.165) is 65.1 Å². The number of aryl methyl sites for hydroxylation is 2. The molecular formula is C28H28N4O4. The summed E-state index contributed by atoms with van der Waals surface area (Å²) in [6.07, 6.45) is 1.56. The fraction of sp³-hybridized carbons (Fsp3) is 0.250. The SMILES string of the molecule is Cc1cccc(N2C(=O)NC(=O)/C(=C\c3cc(C)n(-c4ccc(N5CCOCC5)cc4)c3C)C2=O)c1. The molecule has 8 nitrogen and oxygen atoms in total. The van der Waals surface area contributed by atoms with Crippen molar-refractivity contribution in [2.24, 2.45) is 0 Å². The third-order valence-electron chi connectivity index (χ3n) is 6.62. The molecule has 184 valence electrons. The van der Waals surface area contributed by atoms with Gasteiger partial charge in [0.25, 0.3) is 11.8 Å². The molecule has 0 saturated carbocycles.